The Hall–Kier alpha value is -3.15. The van der Waals surface area contributed by atoms with Crippen LogP contribution in [0.4, 0.5) is 0 Å². The fourth-order valence-corrected chi connectivity index (χ4v) is 4.01. The summed E-state index contributed by atoms with van der Waals surface area (Å²) in [5.74, 6) is -1.79. The summed E-state index contributed by atoms with van der Waals surface area (Å²) in [5, 5.41) is 0. The van der Waals surface area contributed by atoms with E-state index in [4.69, 9.17) is 14.2 Å². The molecule has 6 heteroatoms. The van der Waals surface area contributed by atoms with Crippen molar-refractivity contribution in [3.63, 3.8) is 0 Å². The lowest BCUT2D eigenvalue weighted by Gasteiger charge is -2.40. The van der Waals surface area contributed by atoms with Gasteiger partial charge in [0.25, 0.3) is 0 Å². The highest BCUT2D eigenvalue weighted by atomic mass is 16.6. The number of hydrogen-bond acceptors (Lipinski definition) is 6. The summed E-state index contributed by atoms with van der Waals surface area (Å²) in [5.41, 5.74) is -0.481. The van der Waals surface area contributed by atoms with Gasteiger partial charge >= 0.3 is 11.9 Å². The minimum atomic E-state index is -1.77. The lowest BCUT2D eigenvalue weighted by molar-refractivity contribution is -0.166. The third-order valence-corrected chi connectivity index (χ3v) is 5.26. The van der Waals surface area contributed by atoms with Gasteiger partial charge in [0.05, 0.1) is 20.3 Å². The third-order valence-electron chi connectivity index (χ3n) is 5.26. The lowest BCUT2D eigenvalue weighted by Crippen LogP contribution is -2.54. The van der Waals surface area contributed by atoms with Crippen LogP contribution < -0.4 is 4.74 Å². The van der Waals surface area contributed by atoms with Crippen molar-refractivity contribution in [1.82, 2.24) is 0 Å². The molecule has 152 valence electrons. The molecule has 0 bridgehead atoms. The van der Waals surface area contributed by atoms with E-state index in [1.165, 1.54) is 7.11 Å². The average Bonchev–Trinajstić information content (AvgIpc) is 2.74. The summed E-state index contributed by atoms with van der Waals surface area (Å²) in [4.78, 5) is 39.7. The monoisotopic (exact) mass is 396 g/mol. The fraction of sp³-hybridized carbons (Fsp3) is 0.348. The van der Waals surface area contributed by atoms with E-state index in [0.717, 1.165) is 0 Å². The molecule has 0 saturated carbocycles. The Morgan fingerprint density at radius 2 is 1.66 bits per heavy atom. The Morgan fingerprint density at radius 1 is 1.00 bits per heavy atom. The SMILES string of the molecule is CCOC(=O)C1(C(=O)OCC)c2ccccc2C(=O)CC1c1cccc(OC)c1. The minimum Gasteiger partial charge on any atom is -0.497 e. The van der Waals surface area contributed by atoms with Crippen molar-refractivity contribution < 1.29 is 28.6 Å². The van der Waals surface area contributed by atoms with Crippen LogP contribution >= 0.6 is 0 Å². The number of rotatable bonds is 6. The maximum Gasteiger partial charge on any atom is 0.328 e. The first kappa shape index (κ1) is 20.6. The van der Waals surface area contributed by atoms with Crippen LogP contribution in [-0.2, 0) is 24.5 Å². The number of benzene rings is 2. The van der Waals surface area contributed by atoms with Gasteiger partial charge in [0, 0.05) is 17.9 Å². The quantitative estimate of drug-likeness (QED) is 0.550. The van der Waals surface area contributed by atoms with Crippen LogP contribution in [0.2, 0.25) is 0 Å². The van der Waals surface area contributed by atoms with E-state index >= 15 is 0 Å². The van der Waals surface area contributed by atoms with Crippen LogP contribution in [0.25, 0.3) is 0 Å². The molecule has 0 radical (unpaired) electrons. The number of Topliss-reactive ketones (excluding diaryl/α,β-unsaturated/α-hetero) is 1. The first-order valence-corrected chi connectivity index (χ1v) is 9.61. The van der Waals surface area contributed by atoms with Gasteiger partial charge in [0.1, 0.15) is 5.75 Å². The van der Waals surface area contributed by atoms with Gasteiger partial charge in [0.2, 0.25) is 0 Å². The minimum absolute atomic E-state index is 0.0260. The van der Waals surface area contributed by atoms with Crippen LogP contribution in [0.1, 0.15) is 47.7 Å². The van der Waals surface area contributed by atoms with Gasteiger partial charge < -0.3 is 14.2 Å². The van der Waals surface area contributed by atoms with Gasteiger partial charge in [-0.2, -0.15) is 0 Å². The zero-order valence-electron chi connectivity index (χ0n) is 16.8. The summed E-state index contributed by atoms with van der Waals surface area (Å²) in [7, 11) is 1.53. The number of ether oxygens (including phenoxy) is 3. The highest BCUT2D eigenvalue weighted by Gasteiger charge is 2.60. The van der Waals surface area contributed by atoms with Crippen LogP contribution in [0, 0.1) is 0 Å². The van der Waals surface area contributed by atoms with E-state index in [0.29, 0.717) is 22.4 Å². The number of carbonyl (C=O) groups is 3. The smallest absolute Gasteiger partial charge is 0.328 e. The maximum atomic E-state index is 13.4. The van der Waals surface area contributed by atoms with Crippen molar-refractivity contribution in [3.8, 4) is 5.75 Å². The molecule has 0 fully saturated rings. The van der Waals surface area contributed by atoms with Crippen molar-refractivity contribution in [3.05, 3.63) is 65.2 Å². The highest BCUT2D eigenvalue weighted by molar-refractivity contribution is 6.14. The third kappa shape index (κ3) is 3.39. The summed E-state index contributed by atoms with van der Waals surface area (Å²) in [6.45, 7) is 3.55. The van der Waals surface area contributed by atoms with Crippen LogP contribution in [0.15, 0.2) is 48.5 Å². The van der Waals surface area contributed by atoms with Crippen molar-refractivity contribution >= 4 is 17.7 Å². The number of fused-ring (bicyclic) bond motifs is 1. The molecular weight excluding hydrogens is 372 g/mol. The first-order valence-electron chi connectivity index (χ1n) is 9.61. The summed E-state index contributed by atoms with van der Waals surface area (Å²) >= 11 is 0. The molecule has 0 aromatic heterocycles. The molecule has 0 saturated heterocycles. The number of carbonyl (C=O) groups excluding carboxylic acids is 3. The summed E-state index contributed by atoms with van der Waals surface area (Å²) in [6, 6.07) is 13.7. The van der Waals surface area contributed by atoms with E-state index in [-0.39, 0.29) is 25.4 Å². The van der Waals surface area contributed by atoms with Crippen LogP contribution in [0.5, 0.6) is 5.75 Å². The number of methoxy groups -OCH3 is 1. The molecule has 0 N–H and O–H groups in total. The molecule has 1 unspecified atom stereocenters. The molecule has 2 aromatic rings. The second-order valence-electron chi connectivity index (χ2n) is 6.75. The normalized spacial score (nSPS) is 17.2. The second-order valence-corrected chi connectivity index (χ2v) is 6.75. The van der Waals surface area contributed by atoms with Gasteiger partial charge in [-0.1, -0.05) is 36.4 Å². The molecule has 1 aliphatic rings. The first-order chi connectivity index (χ1) is 14.0. The topological polar surface area (TPSA) is 78.9 Å². The Kier molecular flexibility index (Phi) is 6.01. The van der Waals surface area contributed by atoms with Crippen molar-refractivity contribution in [1.29, 1.82) is 0 Å². The van der Waals surface area contributed by atoms with E-state index in [9.17, 15) is 14.4 Å². The van der Waals surface area contributed by atoms with Gasteiger partial charge in [-0.15, -0.1) is 0 Å². The number of hydrogen-bond donors (Lipinski definition) is 0. The molecule has 6 nitrogen and oxygen atoms in total. The van der Waals surface area contributed by atoms with Crippen LogP contribution in [-0.4, -0.2) is 38.0 Å². The highest BCUT2D eigenvalue weighted by Crippen LogP contribution is 2.49. The zero-order valence-corrected chi connectivity index (χ0v) is 16.8. The Balaban J connectivity index is 2.33. The predicted octanol–water partition coefficient (Wildman–Crippen LogP) is 3.43. The predicted molar refractivity (Wildman–Crippen MR) is 106 cm³/mol. The standard InChI is InChI=1S/C23H24O6/c1-4-28-21(25)23(22(26)29-5-2)18-12-7-6-11-17(18)20(24)14-19(23)15-9-8-10-16(13-15)27-3/h6-13,19H,4-5,14H2,1-3H3. The molecule has 0 aliphatic heterocycles. The molecule has 2 aromatic carbocycles. The molecule has 0 heterocycles. The van der Waals surface area contributed by atoms with Gasteiger partial charge in [-0.3, -0.25) is 14.4 Å². The summed E-state index contributed by atoms with van der Waals surface area (Å²) < 4.78 is 16.0. The molecular formula is C23H24O6. The van der Waals surface area contributed by atoms with Crippen molar-refractivity contribution in [2.75, 3.05) is 20.3 Å². The molecule has 1 aliphatic carbocycles. The number of ketones is 1. The molecule has 0 spiro atoms. The fourth-order valence-electron chi connectivity index (χ4n) is 4.01. The maximum absolute atomic E-state index is 13.4. The largest absolute Gasteiger partial charge is 0.497 e. The molecule has 3 rings (SSSR count). The average molecular weight is 396 g/mol. The van der Waals surface area contributed by atoms with E-state index in [1.807, 2.05) is 0 Å². The van der Waals surface area contributed by atoms with Crippen molar-refractivity contribution in [2.24, 2.45) is 0 Å². The zero-order chi connectivity index (χ0) is 21.0. The van der Waals surface area contributed by atoms with E-state index in [2.05, 4.69) is 0 Å². The Morgan fingerprint density at radius 3 is 2.28 bits per heavy atom. The summed E-state index contributed by atoms with van der Waals surface area (Å²) in [6.07, 6.45) is -0.0260. The molecule has 0 amide bonds. The second kappa shape index (κ2) is 8.47. The van der Waals surface area contributed by atoms with Crippen molar-refractivity contribution in [2.45, 2.75) is 31.6 Å². The lowest BCUT2D eigenvalue weighted by atomic mass is 9.60. The number of esters is 2. The van der Waals surface area contributed by atoms with Crippen LogP contribution in [0.3, 0.4) is 0 Å². The van der Waals surface area contributed by atoms with Gasteiger partial charge in [-0.05, 0) is 37.1 Å². The Bertz CT molecular complexity index is 914. The van der Waals surface area contributed by atoms with Gasteiger partial charge in [0.15, 0.2) is 11.2 Å². The van der Waals surface area contributed by atoms with Gasteiger partial charge in [-0.25, -0.2) is 0 Å². The van der Waals surface area contributed by atoms with E-state index in [1.54, 1.807) is 62.4 Å². The molecule has 1 atom stereocenters. The van der Waals surface area contributed by atoms with E-state index < -0.39 is 23.3 Å². The molecule has 29 heavy (non-hydrogen) atoms. The Labute approximate surface area is 169 Å².